The lowest BCUT2D eigenvalue weighted by molar-refractivity contribution is -0.142. The van der Waals surface area contributed by atoms with Gasteiger partial charge in [0.25, 0.3) is 0 Å². The number of anilines is 1. The molecule has 0 saturated heterocycles. The van der Waals surface area contributed by atoms with Crippen molar-refractivity contribution in [3.05, 3.63) is 54.1 Å². The second-order valence-electron chi connectivity index (χ2n) is 6.10. The first kappa shape index (κ1) is 21.7. The molecule has 152 valence electrons. The van der Waals surface area contributed by atoms with E-state index in [1.807, 2.05) is 38.1 Å². The maximum absolute atomic E-state index is 12.5. The first-order valence-corrected chi connectivity index (χ1v) is 10.5. The van der Waals surface area contributed by atoms with Crippen LogP contribution < -0.4 is 14.4 Å². The molecule has 7 nitrogen and oxygen atoms in total. The van der Waals surface area contributed by atoms with Crippen molar-refractivity contribution in [1.29, 1.82) is 0 Å². The molecule has 0 aliphatic heterocycles. The minimum absolute atomic E-state index is 0.136. The van der Waals surface area contributed by atoms with Gasteiger partial charge in [-0.25, -0.2) is 17.9 Å². The lowest BCUT2D eigenvalue weighted by Crippen LogP contribution is -2.35. The molecule has 2 aromatic rings. The Balaban J connectivity index is 1.94. The third-order valence-electron chi connectivity index (χ3n) is 4.23. The van der Waals surface area contributed by atoms with Gasteiger partial charge in [0.05, 0.1) is 12.0 Å². The van der Waals surface area contributed by atoms with Crippen LogP contribution in [0.2, 0.25) is 0 Å². The quantitative estimate of drug-likeness (QED) is 0.610. The Labute approximate surface area is 166 Å². The normalized spacial score (nSPS) is 11.1. The molecule has 0 fully saturated rings. The average Bonchev–Trinajstić information content (AvgIpc) is 2.70. The minimum atomic E-state index is -3.63. The molecule has 0 unspecified atom stereocenters. The largest absolute Gasteiger partial charge is 0.482 e. The fourth-order valence-corrected chi connectivity index (χ4v) is 3.70. The number of para-hydroxylation sites is 1. The molecule has 0 aliphatic carbocycles. The number of likely N-dealkylation sites (N-methyl/N-ethyl adjacent to an activating group) is 1. The summed E-state index contributed by atoms with van der Waals surface area (Å²) < 4.78 is 37.3. The van der Waals surface area contributed by atoms with Crippen LogP contribution >= 0.6 is 0 Å². The number of carbonyl (C=O) groups excluding carboxylic acids is 1. The van der Waals surface area contributed by atoms with E-state index in [1.54, 1.807) is 0 Å². The van der Waals surface area contributed by atoms with Crippen molar-refractivity contribution in [2.75, 3.05) is 38.3 Å². The summed E-state index contributed by atoms with van der Waals surface area (Å²) in [4.78, 5) is 13.3. The molecule has 2 aromatic carbocycles. The molecule has 0 bridgehead atoms. The first-order valence-electron chi connectivity index (χ1n) is 8.97. The Morgan fingerprint density at radius 1 is 1.11 bits per heavy atom. The third kappa shape index (κ3) is 5.97. The summed E-state index contributed by atoms with van der Waals surface area (Å²) in [6.07, 6.45) is 0. The van der Waals surface area contributed by atoms with Crippen molar-refractivity contribution in [3.8, 4) is 5.75 Å². The van der Waals surface area contributed by atoms with Gasteiger partial charge in [0.2, 0.25) is 10.0 Å². The van der Waals surface area contributed by atoms with Crippen molar-refractivity contribution in [2.24, 2.45) is 0 Å². The van der Waals surface area contributed by atoms with Gasteiger partial charge in [-0.05, 0) is 49.7 Å². The molecule has 0 atom stereocenters. The van der Waals surface area contributed by atoms with Crippen LogP contribution in [-0.4, -0.2) is 47.7 Å². The van der Waals surface area contributed by atoms with Crippen molar-refractivity contribution < 1.29 is 22.7 Å². The van der Waals surface area contributed by atoms with E-state index in [9.17, 15) is 13.2 Å². The summed E-state index contributed by atoms with van der Waals surface area (Å²) in [5.74, 6) is -0.117. The lowest BCUT2D eigenvalue weighted by atomic mass is 10.2. The van der Waals surface area contributed by atoms with Crippen LogP contribution in [0.1, 0.15) is 12.5 Å². The number of hydrogen-bond acceptors (Lipinski definition) is 6. The second-order valence-corrected chi connectivity index (χ2v) is 7.87. The predicted octanol–water partition coefficient (Wildman–Crippen LogP) is 2.35. The van der Waals surface area contributed by atoms with E-state index in [1.165, 1.54) is 31.4 Å². The van der Waals surface area contributed by atoms with Gasteiger partial charge in [-0.1, -0.05) is 18.2 Å². The van der Waals surface area contributed by atoms with Gasteiger partial charge >= 0.3 is 5.97 Å². The number of benzene rings is 2. The summed E-state index contributed by atoms with van der Waals surface area (Å²) in [5.41, 5.74) is 2.24. The highest BCUT2D eigenvalue weighted by molar-refractivity contribution is 7.89. The van der Waals surface area contributed by atoms with E-state index < -0.39 is 16.0 Å². The number of sulfonamides is 1. The minimum Gasteiger partial charge on any atom is -0.482 e. The number of methoxy groups -OCH3 is 1. The Morgan fingerprint density at radius 2 is 1.79 bits per heavy atom. The second kappa shape index (κ2) is 10.1. The van der Waals surface area contributed by atoms with Crippen LogP contribution in [0.3, 0.4) is 0 Å². The Morgan fingerprint density at radius 3 is 2.39 bits per heavy atom. The Kier molecular flexibility index (Phi) is 7.83. The number of esters is 1. The predicted molar refractivity (Wildman–Crippen MR) is 108 cm³/mol. The van der Waals surface area contributed by atoms with Crippen molar-refractivity contribution in [1.82, 2.24) is 4.72 Å². The number of aryl methyl sites for hydroxylation is 1. The highest BCUT2D eigenvalue weighted by Crippen LogP contribution is 2.19. The standard InChI is InChI=1S/C20H26N2O5S/c1-4-22(19-8-6-5-7-16(19)2)14-13-21-28(24,25)18-11-9-17(10-12-18)27-15-20(23)26-3/h5-12,21H,4,13-15H2,1-3H3. The molecule has 2 rings (SSSR count). The zero-order chi connectivity index (χ0) is 20.6. The number of ether oxygens (including phenoxy) is 2. The summed E-state index contributed by atoms with van der Waals surface area (Å²) in [5, 5.41) is 0. The maximum Gasteiger partial charge on any atom is 0.343 e. The van der Waals surface area contributed by atoms with E-state index >= 15 is 0 Å². The topological polar surface area (TPSA) is 84.9 Å². The van der Waals surface area contributed by atoms with Gasteiger partial charge in [-0.2, -0.15) is 0 Å². The van der Waals surface area contributed by atoms with E-state index in [0.29, 0.717) is 12.3 Å². The number of rotatable bonds is 10. The zero-order valence-electron chi connectivity index (χ0n) is 16.3. The van der Waals surface area contributed by atoms with Gasteiger partial charge in [0, 0.05) is 25.3 Å². The summed E-state index contributed by atoms with van der Waals surface area (Å²) >= 11 is 0. The third-order valence-corrected chi connectivity index (χ3v) is 5.71. The molecule has 0 aromatic heterocycles. The molecule has 0 spiro atoms. The van der Waals surface area contributed by atoms with E-state index in [4.69, 9.17) is 4.74 Å². The fourth-order valence-electron chi connectivity index (χ4n) is 2.68. The monoisotopic (exact) mass is 406 g/mol. The Hall–Kier alpha value is -2.58. The molecule has 0 amide bonds. The first-order chi connectivity index (χ1) is 13.4. The SMILES string of the molecule is CCN(CCNS(=O)(=O)c1ccc(OCC(=O)OC)cc1)c1ccccc1C. The molecule has 8 heteroatoms. The van der Waals surface area contributed by atoms with Gasteiger partial charge in [-0.15, -0.1) is 0 Å². The van der Waals surface area contributed by atoms with Gasteiger partial charge in [-0.3, -0.25) is 0 Å². The van der Waals surface area contributed by atoms with Crippen molar-refractivity contribution >= 4 is 21.7 Å². The Bertz CT molecular complexity index is 882. The molecule has 1 N–H and O–H groups in total. The van der Waals surface area contributed by atoms with Crippen LogP contribution in [0.5, 0.6) is 5.75 Å². The van der Waals surface area contributed by atoms with E-state index in [-0.39, 0.29) is 18.0 Å². The van der Waals surface area contributed by atoms with Gasteiger partial charge in [0.15, 0.2) is 6.61 Å². The van der Waals surface area contributed by atoms with Crippen LogP contribution in [0, 0.1) is 6.92 Å². The van der Waals surface area contributed by atoms with E-state index in [0.717, 1.165) is 17.8 Å². The number of carbonyl (C=O) groups is 1. The molecule has 0 aliphatic rings. The highest BCUT2D eigenvalue weighted by atomic mass is 32.2. The van der Waals surface area contributed by atoms with Gasteiger partial charge < -0.3 is 14.4 Å². The smallest absolute Gasteiger partial charge is 0.343 e. The number of nitrogens with one attached hydrogen (secondary N) is 1. The molecular formula is C20H26N2O5S. The van der Waals surface area contributed by atoms with Gasteiger partial charge in [0.1, 0.15) is 5.75 Å². The molecular weight excluding hydrogens is 380 g/mol. The van der Waals surface area contributed by atoms with Crippen LogP contribution in [0.25, 0.3) is 0 Å². The fraction of sp³-hybridized carbons (Fsp3) is 0.350. The molecule has 0 saturated carbocycles. The summed E-state index contributed by atoms with van der Waals surface area (Å²) in [7, 11) is -2.36. The zero-order valence-corrected chi connectivity index (χ0v) is 17.2. The average molecular weight is 407 g/mol. The molecule has 0 radical (unpaired) electrons. The summed E-state index contributed by atoms with van der Waals surface area (Å²) in [6, 6.07) is 13.9. The highest BCUT2D eigenvalue weighted by Gasteiger charge is 2.15. The lowest BCUT2D eigenvalue weighted by Gasteiger charge is -2.25. The molecule has 28 heavy (non-hydrogen) atoms. The van der Waals surface area contributed by atoms with Crippen molar-refractivity contribution in [2.45, 2.75) is 18.7 Å². The van der Waals surface area contributed by atoms with Crippen LogP contribution in [0.4, 0.5) is 5.69 Å². The maximum atomic E-state index is 12.5. The van der Waals surface area contributed by atoms with E-state index in [2.05, 4.69) is 14.4 Å². The van der Waals surface area contributed by atoms with Crippen molar-refractivity contribution in [3.63, 3.8) is 0 Å². The summed E-state index contributed by atoms with van der Waals surface area (Å²) in [6.45, 7) is 5.46. The molecule has 0 heterocycles. The van der Waals surface area contributed by atoms with Crippen LogP contribution in [-0.2, 0) is 19.6 Å². The number of nitrogens with zero attached hydrogens (tertiary/aromatic N) is 1. The van der Waals surface area contributed by atoms with Crippen LogP contribution in [0.15, 0.2) is 53.4 Å². The number of hydrogen-bond donors (Lipinski definition) is 1.